The zero-order valence-corrected chi connectivity index (χ0v) is 16.4. The van der Waals surface area contributed by atoms with Gasteiger partial charge in [0.15, 0.2) is 8.32 Å². The smallest absolute Gasteiger partial charge is 0.189 e. The van der Waals surface area contributed by atoms with Gasteiger partial charge in [-0.3, -0.25) is 0 Å². The van der Waals surface area contributed by atoms with Crippen LogP contribution in [-0.4, -0.2) is 25.2 Å². The Kier molecular flexibility index (Phi) is 5.16. The maximum absolute atomic E-state index is 10.6. The van der Waals surface area contributed by atoms with Gasteiger partial charge in [-0.25, -0.2) is 0 Å². The van der Waals surface area contributed by atoms with Crippen molar-refractivity contribution in [2.45, 2.75) is 58.3 Å². The highest BCUT2D eigenvalue weighted by molar-refractivity contribution is 9.10. The van der Waals surface area contributed by atoms with Crippen molar-refractivity contribution in [2.75, 3.05) is 11.4 Å². The van der Waals surface area contributed by atoms with Crippen molar-refractivity contribution in [2.24, 2.45) is 0 Å². The van der Waals surface area contributed by atoms with Gasteiger partial charge in [0.1, 0.15) is 0 Å². The van der Waals surface area contributed by atoms with Crippen molar-refractivity contribution >= 4 is 29.9 Å². The predicted molar refractivity (Wildman–Crippen MR) is 95.0 cm³/mol. The molecule has 20 heavy (non-hydrogen) atoms. The standard InChI is InChI=1S/C16H28BrNOSi/c1-15(2,3)18(12-16(4,5)20(6,7)19)14-10-8-13(17)9-11-14/h8-11,19H,12H2,1-7H3. The molecule has 1 aromatic carbocycles. The van der Waals surface area contributed by atoms with Crippen LogP contribution in [0.5, 0.6) is 0 Å². The van der Waals surface area contributed by atoms with Crippen LogP contribution in [0.25, 0.3) is 0 Å². The summed E-state index contributed by atoms with van der Waals surface area (Å²) in [5.74, 6) is 0. The highest BCUT2D eigenvalue weighted by Crippen LogP contribution is 2.39. The van der Waals surface area contributed by atoms with Gasteiger partial charge in [-0.1, -0.05) is 29.8 Å². The first-order chi connectivity index (χ1) is 8.84. The van der Waals surface area contributed by atoms with E-state index in [0.29, 0.717) is 0 Å². The molecule has 0 aliphatic carbocycles. The van der Waals surface area contributed by atoms with E-state index in [0.717, 1.165) is 11.0 Å². The molecule has 0 fully saturated rings. The van der Waals surface area contributed by atoms with E-state index in [1.807, 2.05) is 13.1 Å². The Morgan fingerprint density at radius 3 is 1.85 bits per heavy atom. The van der Waals surface area contributed by atoms with Gasteiger partial charge in [0.25, 0.3) is 0 Å². The average Bonchev–Trinajstić information content (AvgIpc) is 2.24. The largest absolute Gasteiger partial charge is 0.432 e. The highest BCUT2D eigenvalue weighted by atomic mass is 79.9. The maximum atomic E-state index is 10.6. The number of rotatable bonds is 4. The monoisotopic (exact) mass is 357 g/mol. The molecule has 0 radical (unpaired) electrons. The van der Waals surface area contributed by atoms with Gasteiger partial charge < -0.3 is 9.70 Å². The molecule has 0 unspecified atom stereocenters. The van der Waals surface area contributed by atoms with E-state index in [1.165, 1.54) is 5.69 Å². The molecule has 0 amide bonds. The first-order valence-corrected chi connectivity index (χ1v) is 10.8. The molecule has 4 heteroatoms. The minimum absolute atomic E-state index is 0.0186. The summed E-state index contributed by atoms with van der Waals surface area (Å²) in [6.07, 6.45) is 0. The molecular formula is C16H28BrNOSi. The molecule has 114 valence electrons. The van der Waals surface area contributed by atoms with Crippen molar-refractivity contribution in [1.82, 2.24) is 0 Å². The van der Waals surface area contributed by atoms with E-state index in [9.17, 15) is 4.80 Å². The molecule has 0 aliphatic rings. The molecule has 2 nitrogen and oxygen atoms in total. The Balaban J connectivity index is 3.13. The molecule has 1 N–H and O–H groups in total. The van der Waals surface area contributed by atoms with Gasteiger partial charge in [0.05, 0.1) is 0 Å². The summed E-state index contributed by atoms with van der Waals surface area (Å²) in [4.78, 5) is 12.9. The van der Waals surface area contributed by atoms with Crippen LogP contribution in [0.3, 0.4) is 0 Å². The van der Waals surface area contributed by atoms with E-state index < -0.39 is 8.32 Å². The molecule has 0 aromatic heterocycles. The Bertz CT molecular complexity index is 443. The maximum Gasteiger partial charge on any atom is 0.189 e. The van der Waals surface area contributed by atoms with Crippen LogP contribution in [0.4, 0.5) is 5.69 Å². The lowest BCUT2D eigenvalue weighted by Gasteiger charge is -2.46. The van der Waals surface area contributed by atoms with Crippen LogP contribution in [0.1, 0.15) is 34.6 Å². The van der Waals surface area contributed by atoms with Crippen LogP contribution < -0.4 is 4.90 Å². The fourth-order valence-corrected chi connectivity index (χ4v) is 2.73. The summed E-state index contributed by atoms with van der Waals surface area (Å²) < 4.78 is 1.09. The number of hydrogen-bond acceptors (Lipinski definition) is 2. The van der Waals surface area contributed by atoms with Gasteiger partial charge in [-0.15, -0.1) is 0 Å². The number of anilines is 1. The van der Waals surface area contributed by atoms with Crippen molar-refractivity contribution in [3.8, 4) is 0 Å². The molecule has 0 spiro atoms. The number of benzene rings is 1. The molecule has 0 saturated heterocycles. The lowest BCUT2D eigenvalue weighted by atomic mass is 10.0. The summed E-state index contributed by atoms with van der Waals surface area (Å²) in [6, 6.07) is 8.42. The third-order valence-corrected chi connectivity index (χ3v) is 8.16. The van der Waals surface area contributed by atoms with Gasteiger partial charge in [-0.05, 0) is 58.1 Å². The summed E-state index contributed by atoms with van der Waals surface area (Å²) >= 11 is 3.49. The van der Waals surface area contributed by atoms with Crippen molar-refractivity contribution in [1.29, 1.82) is 0 Å². The second-order valence-corrected chi connectivity index (χ2v) is 13.1. The molecule has 0 bridgehead atoms. The van der Waals surface area contributed by atoms with E-state index >= 15 is 0 Å². The van der Waals surface area contributed by atoms with Crippen LogP contribution in [0, 0.1) is 0 Å². The number of halogens is 1. The quantitative estimate of drug-likeness (QED) is 0.763. The third kappa shape index (κ3) is 4.33. The molecular weight excluding hydrogens is 330 g/mol. The summed E-state index contributed by atoms with van der Waals surface area (Å²) in [6.45, 7) is 15.9. The third-order valence-electron chi connectivity index (χ3n) is 4.16. The Labute approximate surface area is 133 Å². The highest BCUT2D eigenvalue weighted by Gasteiger charge is 2.41. The first-order valence-electron chi connectivity index (χ1n) is 7.10. The molecule has 0 saturated carbocycles. The van der Waals surface area contributed by atoms with E-state index in [2.05, 4.69) is 79.7 Å². The molecule has 0 atom stereocenters. The minimum Gasteiger partial charge on any atom is -0.432 e. The van der Waals surface area contributed by atoms with Gasteiger partial charge in [0.2, 0.25) is 0 Å². The van der Waals surface area contributed by atoms with Gasteiger partial charge >= 0.3 is 0 Å². The topological polar surface area (TPSA) is 23.5 Å². The number of nitrogens with zero attached hydrogens (tertiary/aromatic N) is 1. The van der Waals surface area contributed by atoms with Crippen LogP contribution >= 0.6 is 15.9 Å². The van der Waals surface area contributed by atoms with E-state index in [4.69, 9.17) is 0 Å². The normalized spacial score (nSPS) is 13.4. The average molecular weight is 358 g/mol. The molecule has 1 rings (SSSR count). The fourth-order valence-electron chi connectivity index (χ4n) is 1.93. The summed E-state index contributed by atoms with van der Waals surface area (Å²) in [5.41, 5.74) is 1.22. The Hall–Kier alpha value is -0.323. The van der Waals surface area contributed by atoms with E-state index in [1.54, 1.807) is 0 Å². The SMILES string of the molecule is CC(C)(C)N(CC(C)(C)[Si](C)(C)O)c1ccc(Br)cc1. The van der Waals surface area contributed by atoms with Crippen LogP contribution in [0.15, 0.2) is 28.7 Å². The van der Waals surface area contributed by atoms with Gasteiger partial charge in [-0.2, -0.15) is 0 Å². The molecule has 1 aromatic rings. The first kappa shape index (κ1) is 17.7. The zero-order valence-electron chi connectivity index (χ0n) is 13.8. The Morgan fingerprint density at radius 1 is 1.05 bits per heavy atom. The van der Waals surface area contributed by atoms with Crippen LogP contribution in [0.2, 0.25) is 18.1 Å². The predicted octanol–water partition coefficient (Wildman–Crippen LogP) is 5.03. The minimum atomic E-state index is -2.22. The van der Waals surface area contributed by atoms with Crippen molar-refractivity contribution in [3.05, 3.63) is 28.7 Å². The van der Waals surface area contributed by atoms with Crippen molar-refractivity contribution in [3.63, 3.8) is 0 Å². The zero-order chi connectivity index (χ0) is 15.8. The fraction of sp³-hybridized carbons (Fsp3) is 0.625. The second kappa shape index (κ2) is 5.82. The van der Waals surface area contributed by atoms with Crippen LogP contribution in [-0.2, 0) is 0 Å². The number of hydrogen-bond donors (Lipinski definition) is 1. The molecule has 0 aliphatic heterocycles. The van der Waals surface area contributed by atoms with E-state index in [-0.39, 0.29) is 10.6 Å². The lowest BCUT2D eigenvalue weighted by molar-refractivity contribution is 0.423. The summed E-state index contributed by atoms with van der Waals surface area (Å²) in [5, 5.41) is -0.0760. The Morgan fingerprint density at radius 2 is 1.50 bits per heavy atom. The van der Waals surface area contributed by atoms with Gasteiger partial charge in [0, 0.05) is 27.3 Å². The second-order valence-electron chi connectivity index (χ2n) is 7.68. The van der Waals surface area contributed by atoms with Crippen molar-refractivity contribution < 1.29 is 4.80 Å². The lowest BCUT2D eigenvalue weighted by Crippen LogP contribution is -2.51. The molecule has 0 heterocycles. The summed E-state index contributed by atoms with van der Waals surface area (Å²) in [7, 11) is -2.22.